The van der Waals surface area contributed by atoms with Crippen molar-refractivity contribution in [2.45, 2.75) is 0 Å². The minimum atomic E-state index is 1.04. The molecule has 1 aromatic heterocycles. The van der Waals surface area contributed by atoms with Crippen molar-refractivity contribution in [2.24, 2.45) is 0 Å². The van der Waals surface area contributed by atoms with Crippen molar-refractivity contribution in [2.75, 3.05) is 9.80 Å². The highest BCUT2D eigenvalue weighted by Gasteiger charge is 2.22. The van der Waals surface area contributed by atoms with E-state index in [-0.39, 0.29) is 0 Å². The van der Waals surface area contributed by atoms with Gasteiger partial charge in [-0.05, 0) is 130 Å². The molecule has 1 heterocycles. The van der Waals surface area contributed by atoms with E-state index in [1.54, 1.807) is 0 Å². The molecule has 0 spiro atoms. The number of hydrogen-bond donors (Lipinski definition) is 0. The van der Waals surface area contributed by atoms with Crippen LogP contribution in [0.1, 0.15) is 0 Å². The molecule has 0 atom stereocenters. The third-order valence-electron chi connectivity index (χ3n) is 12.9. The second-order valence-electron chi connectivity index (χ2n) is 17.0. The van der Waals surface area contributed by atoms with E-state index >= 15 is 0 Å². The highest BCUT2D eigenvalue weighted by molar-refractivity contribution is 6.12. The van der Waals surface area contributed by atoms with Crippen LogP contribution < -0.4 is 9.80 Å². The predicted molar refractivity (Wildman–Crippen MR) is 284 cm³/mol. The van der Waals surface area contributed by atoms with Crippen molar-refractivity contribution in [3.63, 3.8) is 0 Å². The van der Waals surface area contributed by atoms with E-state index in [0.29, 0.717) is 0 Å². The first-order valence-corrected chi connectivity index (χ1v) is 22.9. The van der Waals surface area contributed by atoms with E-state index in [9.17, 15) is 0 Å². The topological polar surface area (TPSA) is 11.4 Å². The van der Waals surface area contributed by atoms with Crippen molar-refractivity contribution in [3.8, 4) is 39.1 Å². The van der Waals surface area contributed by atoms with Crippen LogP contribution in [0.15, 0.2) is 273 Å². The first-order chi connectivity index (χ1) is 33.2. The number of nitrogens with zero attached hydrogens (tertiary/aromatic N) is 3. The van der Waals surface area contributed by atoms with Gasteiger partial charge in [0, 0.05) is 50.3 Å². The van der Waals surface area contributed by atoms with Gasteiger partial charge in [-0.1, -0.05) is 182 Å². The number of hydrogen-bond acceptors (Lipinski definition) is 2. The number of anilines is 6. The molecule has 12 rings (SSSR count). The summed E-state index contributed by atoms with van der Waals surface area (Å²) in [6.45, 7) is 0. The lowest BCUT2D eigenvalue weighted by atomic mass is 9.99. The standard InChI is InChI=1S/C64H45N3/c1-5-20-46(21-6-1)49-26-17-32-55(40-49)65(53-28-9-3-10-29-53)57-42-52(43-58(45-57)66(54-30-11-4-12-31-54)56-33-18-27-50(41-56)47-22-7-2-8-23-47)51-38-39-64-61(44-51)60-35-15-16-36-63(60)67(64)62-37-19-25-48-24-13-14-34-59(48)62/h1-45H. The lowest BCUT2D eigenvalue weighted by Gasteiger charge is -2.30. The van der Waals surface area contributed by atoms with Crippen LogP contribution in [0.5, 0.6) is 0 Å². The Kier molecular flexibility index (Phi) is 10.2. The normalized spacial score (nSPS) is 11.3. The van der Waals surface area contributed by atoms with Crippen LogP contribution in [0.4, 0.5) is 34.1 Å². The maximum absolute atomic E-state index is 2.44. The van der Waals surface area contributed by atoms with Crippen molar-refractivity contribution < 1.29 is 0 Å². The van der Waals surface area contributed by atoms with E-state index in [2.05, 4.69) is 287 Å². The van der Waals surface area contributed by atoms with E-state index in [4.69, 9.17) is 0 Å². The summed E-state index contributed by atoms with van der Waals surface area (Å²) in [6.07, 6.45) is 0. The van der Waals surface area contributed by atoms with E-state index in [1.807, 2.05) is 0 Å². The fraction of sp³-hybridized carbons (Fsp3) is 0. The SMILES string of the molecule is c1ccc(-c2cccc(N(c3ccccc3)c3cc(-c4ccc5c(c4)c4ccccc4n5-c4cccc5ccccc45)cc(N(c4ccccc4)c4cccc(-c5ccccc5)c4)c3)c2)cc1. The minimum absolute atomic E-state index is 1.04. The highest BCUT2D eigenvalue weighted by Crippen LogP contribution is 2.45. The van der Waals surface area contributed by atoms with Gasteiger partial charge in [-0.2, -0.15) is 0 Å². The minimum Gasteiger partial charge on any atom is -0.310 e. The molecule has 316 valence electrons. The number of fused-ring (bicyclic) bond motifs is 4. The fourth-order valence-corrected chi connectivity index (χ4v) is 9.79. The third-order valence-corrected chi connectivity index (χ3v) is 12.9. The first-order valence-electron chi connectivity index (χ1n) is 22.9. The largest absolute Gasteiger partial charge is 0.310 e. The van der Waals surface area contributed by atoms with Gasteiger partial charge >= 0.3 is 0 Å². The van der Waals surface area contributed by atoms with Gasteiger partial charge in [-0.25, -0.2) is 0 Å². The molecule has 0 saturated carbocycles. The summed E-state index contributed by atoms with van der Waals surface area (Å²) in [5.74, 6) is 0. The summed E-state index contributed by atoms with van der Waals surface area (Å²) < 4.78 is 2.44. The Hall–Kier alpha value is -8.92. The Labute approximate surface area is 391 Å². The zero-order valence-electron chi connectivity index (χ0n) is 36.8. The monoisotopic (exact) mass is 855 g/mol. The summed E-state index contributed by atoms with van der Waals surface area (Å²) in [4.78, 5) is 4.79. The zero-order chi connectivity index (χ0) is 44.5. The van der Waals surface area contributed by atoms with Crippen LogP contribution in [-0.4, -0.2) is 4.57 Å². The van der Waals surface area contributed by atoms with E-state index in [0.717, 1.165) is 56.4 Å². The molecule has 11 aromatic carbocycles. The second-order valence-corrected chi connectivity index (χ2v) is 17.0. The second kappa shape index (κ2) is 17.2. The molecule has 0 radical (unpaired) electrons. The summed E-state index contributed by atoms with van der Waals surface area (Å²) in [6, 6.07) is 98.7. The zero-order valence-corrected chi connectivity index (χ0v) is 36.8. The van der Waals surface area contributed by atoms with Crippen molar-refractivity contribution in [1.82, 2.24) is 4.57 Å². The molecule has 12 aromatic rings. The lowest BCUT2D eigenvalue weighted by Crippen LogP contribution is -2.13. The molecular formula is C64H45N3. The molecule has 0 N–H and O–H groups in total. The highest BCUT2D eigenvalue weighted by atomic mass is 15.2. The number of para-hydroxylation sites is 3. The Morgan fingerprint density at radius 2 is 0.642 bits per heavy atom. The first kappa shape index (κ1) is 39.7. The van der Waals surface area contributed by atoms with Crippen molar-refractivity contribution in [3.05, 3.63) is 273 Å². The third kappa shape index (κ3) is 7.49. The molecule has 67 heavy (non-hydrogen) atoms. The Bertz CT molecular complexity index is 3540. The molecule has 0 aliphatic carbocycles. The molecule has 0 bridgehead atoms. The number of benzene rings is 11. The maximum Gasteiger partial charge on any atom is 0.0541 e. The van der Waals surface area contributed by atoms with Crippen LogP contribution in [0.25, 0.3) is 71.6 Å². The van der Waals surface area contributed by atoms with Crippen LogP contribution in [0.2, 0.25) is 0 Å². The lowest BCUT2D eigenvalue weighted by molar-refractivity contribution is 1.20. The summed E-state index contributed by atoms with van der Waals surface area (Å²) >= 11 is 0. The Balaban J connectivity index is 1.11. The molecule has 0 unspecified atom stereocenters. The molecule has 3 nitrogen and oxygen atoms in total. The molecule has 0 saturated heterocycles. The van der Waals surface area contributed by atoms with Gasteiger partial charge in [0.2, 0.25) is 0 Å². The van der Waals surface area contributed by atoms with Gasteiger partial charge < -0.3 is 14.4 Å². The van der Waals surface area contributed by atoms with Crippen molar-refractivity contribution in [1.29, 1.82) is 0 Å². The van der Waals surface area contributed by atoms with E-state index < -0.39 is 0 Å². The van der Waals surface area contributed by atoms with Gasteiger partial charge in [0.15, 0.2) is 0 Å². The molecule has 0 amide bonds. The summed E-state index contributed by atoms with van der Waals surface area (Å²) in [5, 5.41) is 4.88. The molecule has 0 aliphatic rings. The maximum atomic E-state index is 2.44. The smallest absolute Gasteiger partial charge is 0.0541 e. The fourth-order valence-electron chi connectivity index (χ4n) is 9.79. The van der Waals surface area contributed by atoms with Gasteiger partial charge in [0.1, 0.15) is 0 Å². The van der Waals surface area contributed by atoms with Crippen LogP contribution in [0.3, 0.4) is 0 Å². The summed E-state index contributed by atoms with van der Waals surface area (Å²) in [5.41, 5.74) is 16.8. The van der Waals surface area contributed by atoms with Gasteiger partial charge in [0.25, 0.3) is 0 Å². The van der Waals surface area contributed by atoms with Crippen LogP contribution >= 0.6 is 0 Å². The van der Waals surface area contributed by atoms with Crippen LogP contribution in [0, 0.1) is 0 Å². The Morgan fingerprint density at radius 1 is 0.224 bits per heavy atom. The summed E-state index contributed by atoms with van der Waals surface area (Å²) in [7, 11) is 0. The van der Waals surface area contributed by atoms with Crippen LogP contribution in [-0.2, 0) is 0 Å². The Morgan fingerprint density at radius 3 is 1.24 bits per heavy atom. The molecule has 0 aliphatic heterocycles. The number of rotatable bonds is 10. The van der Waals surface area contributed by atoms with Gasteiger partial charge in [-0.15, -0.1) is 0 Å². The molecular weight excluding hydrogens is 811 g/mol. The van der Waals surface area contributed by atoms with E-state index in [1.165, 1.54) is 49.4 Å². The van der Waals surface area contributed by atoms with Gasteiger partial charge in [0.05, 0.1) is 16.7 Å². The molecule has 0 fully saturated rings. The number of aromatic nitrogens is 1. The average Bonchev–Trinajstić information content (AvgIpc) is 3.73. The average molecular weight is 856 g/mol. The van der Waals surface area contributed by atoms with Crippen molar-refractivity contribution >= 4 is 66.7 Å². The van der Waals surface area contributed by atoms with Gasteiger partial charge in [-0.3, -0.25) is 0 Å². The molecule has 3 heteroatoms. The quantitative estimate of drug-likeness (QED) is 0.136. The predicted octanol–water partition coefficient (Wildman–Crippen LogP) is 17.9.